The van der Waals surface area contributed by atoms with Gasteiger partial charge in [0.05, 0.1) is 0 Å². The van der Waals surface area contributed by atoms with E-state index in [1.165, 1.54) is 0 Å². The molecule has 4 heteroatoms. The third-order valence-electron chi connectivity index (χ3n) is 3.75. The Labute approximate surface area is 138 Å². The first kappa shape index (κ1) is 15.5. The molecule has 0 saturated heterocycles. The van der Waals surface area contributed by atoms with Gasteiger partial charge in [-0.05, 0) is 24.3 Å². The Morgan fingerprint density at radius 2 is 0.542 bits per heavy atom. The third kappa shape index (κ3) is 2.90. The Hall–Kier alpha value is -3.40. The van der Waals surface area contributed by atoms with Crippen molar-refractivity contribution in [2.45, 2.75) is 0 Å². The predicted octanol–water partition coefficient (Wildman–Crippen LogP) is 4.50. The number of aromatic hydroxyl groups is 4. The summed E-state index contributed by atoms with van der Waals surface area (Å²) in [5.74, 6) is 0.790. The zero-order valence-corrected chi connectivity index (χ0v) is 12.7. The van der Waals surface area contributed by atoms with E-state index in [0.29, 0.717) is 21.5 Å². The Morgan fingerprint density at radius 1 is 0.333 bits per heavy atom. The lowest BCUT2D eigenvalue weighted by molar-refractivity contribution is 0.475. The summed E-state index contributed by atoms with van der Waals surface area (Å²) < 4.78 is 0. The molecular weight excluding hydrogens is 304 g/mol. The maximum atomic E-state index is 9.38. The number of phenols is 4. The van der Waals surface area contributed by atoms with Crippen LogP contribution in [0.2, 0.25) is 0 Å². The molecule has 4 aromatic rings. The van der Waals surface area contributed by atoms with Crippen LogP contribution in [0, 0.1) is 0 Å². The molecule has 4 N–H and O–H groups in total. The Kier molecular flexibility index (Phi) is 4.12. The first-order chi connectivity index (χ1) is 11.6. The van der Waals surface area contributed by atoms with Crippen LogP contribution in [0.5, 0.6) is 23.0 Å². The van der Waals surface area contributed by atoms with Gasteiger partial charge in [-0.15, -0.1) is 0 Å². The molecule has 0 unspecified atom stereocenters. The Balaban J connectivity index is 0.000000141. The molecule has 0 atom stereocenters. The summed E-state index contributed by atoms with van der Waals surface area (Å²) in [4.78, 5) is 0. The molecule has 4 rings (SSSR count). The van der Waals surface area contributed by atoms with E-state index >= 15 is 0 Å². The second-order valence-corrected chi connectivity index (χ2v) is 5.30. The zero-order chi connectivity index (χ0) is 17.1. The monoisotopic (exact) mass is 320 g/mol. The van der Waals surface area contributed by atoms with Gasteiger partial charge in [-0.2, -0.15) is 0 Å². The molecule has 0 aromatic heterocycles. The highest BCUT2D eigenvalue weighted by atomic mass is 16.3. The largest absolute Gasteiger partial charge is 0.507 e. The van der Waals surface area contributed by atoms with Gasteiger partial charge in [0, 0.05) is 21.5 Å². The van der Waals surface area contributed by atoms with Crippen molar-refractivity contribution in [1.29, 1.82) is 0 Å². The molecule has 0 radical (unpaired) electrons. The summed E-state index contributed by atoms with van der Waals surface area (Å²) in [6, 6.07) is 20.3. The summed E-state index contributed by atoms with van der Waals surface area (Å²) in [5.41, 5.74) is 0. The van der Waals surface area contributed by atoms with Crippen LogP contribution in [0.1, 0.15) is 0 Å². The van der Waals surface area contributed by atoms with Gasteiger partial charge in [0.25, 0.3) is 0 Å². The van der Waals surface area contributed by atoms with Gasteiger partial charge in [-0.3, -0.25) is 0 Å². The second kappa shape index (κ2) is 6.38. The minimum absolute atomic E-state index is 0.198. The van der Waals surface area contributed by atoms with Crippen molar-refractivity contribution >= 4 is 21.5 Å². The molecule has 0 saturated carbocycles. The molecule has 24 heavy (non-hydrogen) atoms. The van der Waals surface area contributed by atoms with Crippen LogP contribution in [-0.4, -0.2) is 20.4 Å². The maximum absolute atomic E-state index is 9.38. The third-order valence-corrected chi connectivity index (χ3v) is 3.75. The quantitative estimate of drug-likeness (QED) is 0.384. The number of rotatable bonds is 0. The second-order valence-electron chi connectivity index (χ2n) is 5.30. The highest BCUT2D eigenvalue weighted by Gasteiger charge is 2.01. The average molecular weight is 320 g/mol. The fourth-order valence-electron chi connectivity index (χ4n) is 2.55. The smallest absolute Gasteiger partial charge is 0.123 e. The van der Waals surface area contributed by atoms with E-state index in [4.69, 9.17) is 0 Å². The summed E-state index contributed by atoms with van der Waals surface area (Å²) >= 11 is 0. The summed E-state index contributed by atoms with van der Waals surface area (Å²) in [5, 5.41) is 40.3. The van der Waals surface area contributed by atoms with Crippen LogP contribution < -0.4 is 0 Å². The van der Waals surface area contributed by atoms with E-state index in [2.05, 4.69) is 0 Å². The summed E-state index contributed by atoms with van der Waals surface area (Å²) in [6.07, 6.45) is 0. The maximum Gasteiger partial charge on any atom is 0.123 e. The van der Waals surface area contributed by atoms with E-state index in [9.17, 15) is 20.4 Å². The van der Waals surface area contributed by atoms with Gasteiger partial charge < -0.3 is 20.4 Å². The minimum Gasteiger partial charge on any atom is -0.507 e. The van der Waals surface area contributed by atoms with Gasteiger partial charge in [-0.25, -0.2) is 0 Å². The fourth-order valence-corrected chi connectivity index (χ4v) is 2.55. The van der Waals surface area contributed by atoms with Crippen molar-refractivity contribution in [3.63, 3.8) is 0 Å². The molecule has 0 bridgehead atoms. The van der Waals surface area contributed by atoms with E-state index in [-0.39, 0.29) is 23.0 Å². The van der Waals surface area contributed by atoms with Crippen LogP contribution in [-0.2, 0) is 0 Å². The topological polar surface area (TPSA) is 80.9 Å². The summed E-state index contributed by atoms with van der Waals surface area (Å²) in [7, 11) is 0. The molecule has 0 spiro atoms. The van der Waals surface area contributed by atoms with Gasteiger partial charge >= 0.3 is 0 Å². The van der Waals surface area contributed by atoms with Crippen molar-refractivity contribution in [3.8, 4) is 23.0 Å². The molecule has 120 valence electrons. The molecule has 0 aliphatic heterocycles. The normalized spacial score (nSPS) is 10.3. The highest BCUT2D eigenvalue weighted by Crippen LogP contribution is 2.30. The molecule has 4 aromatic carbocycles. The van der Waals surface area contributed by atoms with Gasteiger partial charge in [0.15, 0.2) is 0 Å². The molecular formula is C20H16O4. The van der Waals surface area contributed by atoms with Crippen molar-refractivity contribution in [1.82, 2.24) is 0 Å². The molecule has 0 fully saturated rings. The lowest BCUT2D eigenvalue weighted by Crippen LogP contribution is -1.73. The van der Waals surface area contributed by atoms with Crippen LogP contribution in [0.15, 0.2) is 72.8 Å². The first-order valence-corrected chi connectivity index (χ1v) is 7.37. The number of benzene rings is 4. The average Bonchev–Trinajstić information content (AvgIpc) is 2.58. The van der Waals surface area contributed by atoms with E-state index in [1.807, 2.05) is 0 Å². The SMILES string of the molecule is Oc1cccc2c(O)cccc12.Oc1cccc2c(O)cccc12. The van der Waals surface area contributed by atoms with E-state index in [1.54, 1.807) is 72.8 Å². The number of fused-ring (bicyclic) bond motifs is 2. The predicted molar refractivity (Wildman–Crippen MR) is 94.6 cm³/mol. The lowest BCUT2D eigenvalue weighted by atomic mass is 10.1. The van der Waals surface area contributed by atoms with E-state index in [0.717, 1.165) is 0 Å². The van der Waals surface area contributed by atoms with Crippen molar-refractivity contribution in [2.24, 2.45) is 0 Å². The lowest BCUT2D eigenvalue weighted by Gasteiger charge is -2.01. The van der Waals surface area contributed by atoms with E-state index < -0.39 is 0 Å². The number of phenolic OH excluding ortho intramolecular Hbond substituents is 4. The fraction of sp³-hybridized carbons (Fsp3) is 0. The van der Waals surface area contributed by atoms with Crippen molar-refractivity contribution in [2.75, 3.05) is 0 Å². The number of hydrogen-bond acceptors (Lipinski definition) is 4. The molecule has 0 aliphatic carbocycles. The van der Waals surface area contributed by atoms with Crippen LogP contribution in [0.3, 0.4) is 0 Å². The molecule has 0 aliphatic rings. The summed E-state index contributed by atoms with van der Waals surface area (Å²) in [6.45, 7) is 0. The van der Waals surface area contributed by atoms with Gasteiger partial charge in [0.2, 0.25) is 0 Å². The zero-order valence-electron chi connectivity index (χ0n) is 12.7. The standard InChI is InChI=1S/2C10H8O2/c2*11-9-5-1-3-7-8(9)4-2-6-10(7)12/h2*1-6,11-12H. The minimum atomic E-state index is 0.198. The van der Waals surface area contributed by atoms with Crippen molar-refractivity contribution in [3.05, 3.63) is 72.8 Å². The first-order valence-electron chi connectivity index (χ1n) is 7.37. The van der Waals surface area contributed by atoms with Gasteiger partial charge in [0.1, 0.15) is 23.0 Å². The van der Waals surface area contributed by atoms with Crippen molar-refractivity contribution < 1.29 is 20.4 Å². The Bertz CT molecular complexity index is 843. The van der Waals surface area contributed by atoms with Crippen LogP contribution >= 0.6 is 0 Å². The number of hydrogen-bond donors (Lipinski definition) is 4. The van der Waals surface area contributed by atoms with Gasteiger partial charge in [-0.1, -0.05) is 48.5 Å². The highest BCUT2D eigenvalue weighted by molar-refractivity contribution is 5.93. The molecule has 0 amide bonds. The Morgan fingerprint density at radius 3 is 0.750 bits per heavy atom. The van der Waals surface area contributed by atoms with Crippen LogP contribution in [0.25, 0.3) is 21.5 Å². The molecule has 0 heterocycles. The van der Waals surface area contributed by atoms with Crippen LogP contribution in [0.4, 0.5) is 0 Å². The molecule has 4 nitrogen and oxygen atoms in total.